The van der Waals surface area contributed by atoms with Crippen LogP contribution in [-0.4, -0.2) is 14.8 Å². The molecule has 0 aliphatic carbocycles. The summed E-state index contributed by atoms with van der Waals surface area (Å²) in [4.78, 5) is 0. The van der Waals surface area contributed by atoms with Crippen LogP contribution < -0.4 is 5.73 Å². The molecular formula is C12H16N4. The molecule has 16 heavy (non-hydrogen) atoms. The van der Waals surface area contributed by atoms with Gasteiger partial charge in [-0.3, -0.25) is 4.57 Å². The molecule has 0 unspecified atom stereocenters. The van der Waals surface area contributed by atoms with Gasteiger partial charge in [0.1, 0.15) is 12.2 Å². The molecule has 1 aromatic carbocycles. The molecule has 1 heterocycles. The second kappa shape index (κ2) is 3.96. The van der Waals surface area contributed by atoms with Gasteiger partial charge in [-0.05, 0) is 30.7 Å². The number of rotatable bonds is 2. The third-order valence-electron chi connectivity index (χ3n) is 2.57. The van der Waals surface area contributed by atoms with Gasteiger partial charge in [-0.25, -0.2) is 0 Å². The Morgan fingerprint density at radius 3 is 2.69 bits per heavy atom. The summed E-state index contributed by atoms with van der Waals surface area (Å²) >= 11 is 0. The van der Waals surface area contributed by atoms with Crippen molar-refractivity contribution in [3.8, 4) is 5.69 Å². The first-order valence-electron chi connectivity index (χ1n) is 5.36. The van der Waals surface area contributed by atoms with Crippen LogP contribution >= 0.6 is 0 Å². The lowest BCUT2D eigenvalue weighted by Gasteiger charge is -2.11. The van der Waals surface area contributed by atoms with E-state index in [1.54, 1.807) is 6.33 Å². The van der Waals surface area contributed by atoms with Crippen LogP contribution in [0.2, 0.25) is 0 Å². The molecule has 0 bridgehead atoms. The second-order valence-corrected chi connectivity index (χ2v) is 4.26. The van der Waals surface area contributed by atoms with E-state index in [1.807, 2.05) is 29.7 Å². The lowest BCUT2D eigenvalue weighted by molar-refractivity contribution is 0.744. The highest BCUT2D eigenvalue weighted by molar-refractivity contribution is 5.51. The number of nitrogen functional groups attached to an aromatic ring is 1. The van der Waals surface area contributed by atoms with E-state index in [9.17, 15) is 0 Å². The average Bonchev–Trinajstić information content (AvgIpc) is 2.66. The molecule has 0 amide bonds. The van der Waals surface area contributed by atoms with Gasteiger partial charge in [-0.15, -0.1) is 10.2 Å². The number of benzene rings is 1. The maximum absolute atomic E-state index is 5.74. The van der Waals surface area contributed by atoms with Crippen molar-refractivity contribution in [2.45, 2.75) is 26.7 Å². The molecule has 2 N–H and O–H groups in total. The van der Waals surface area contributed by atoms with Crippen molar-refractivity contribution in [3.63, 3.8) is 0 Å². The van der Waals surface area contributed by atoms with Gasteiger partial charge in [-0.1, -0.05) is 13.8 Å². The summed E-state index contributed by atoms with van der Waals surface area (Å²) in [6.07, 6.45) is 1.74. The fourth-order valence-corrected chi connectivity index (χ4v) is 1.77. The standard InChI is InChI=1S/C12H16N4/c1-8(2)12-15-14-7-16(12)11-5-4-10(13)6-9(11)3/h4-8H,13H2,1-3H3. The Labute approximate surface area is 95.1 Å². The number of anilines is 1. The Balaban J connectivity index is 2.54. The van der Waals surface area contributed by atoms with E-state index in [2.05, 4.69) is 24.0 Å². The van der Waals surface area contributed by atoms with Gasteiger partial charge in [-0.2, -0.15) is 0 Å². The van der Waals surface area contributed by atoms with Gasteiger partial charge in [0.05, 0.1) is 5.69 Å². The summed E-state index contributed by atoms with van der Waals surface area (Å²) in [6.45, 7) is 6.25. The molecule has 0 aliphatic heterocycles. The number of hydrogen-bond donors (Lipinski definition) is 1. The average molecular weight is 216 g/mol. The largest absolute Gasteiger partial charge is 0.399 e. The van der Waals surface area contributed by atoms with Gasteiger partial charge in [0.15, 0.2) is 0 Å². The minimum absolute atomic E-state index is 0.347. The Hall–Kier alpha value is -1.84. The van der Waals surface area contributed by atoms with E-state index >= 15 is 0 Å². The molecule has 2 aromatic rings. The van der Waals surface area contributed by atoms with E-state index in [4.69, 9.17) is 5.73 Å². The van der Waals surface area contributed by atoms with E-state index in [-0.39, 0.29) is 0 Å². The molecule has 84 valence electrons. The van der Waals surface area contributed by atoms with E-state index in [0.29, 0.717) is 5.92 Å². The van der Waals surface area contributed by atoms with Crippen LogP contribution in [0.1, 0.15) is 31.2 Å². The second-order valence-electron chi connectivity index (χ2n) is 4.26. The summed E-state index contributed by atoms with van der Waals surface area (Å²) in [5.41, 5.74) is 8.73. The number of hydrogen-bond acceptors (Lipinski definition) is 3. The minimum Gasteiger partial charge on any atom is -0.399 e. The highest BCUT2D eigenvalue weighted by Gasteiger charge is 2.11. The zero-order chi connectivity index (χ0) is 11.7. The minimum atomic E-state index is 0.347. The van der Waals surface area contributed by atoms with Gasteiger partial charge in [0, 0.05) is 11.6 Å². The topological polar surface area (TPSA) is 56.7 Å². The Morgan fingerprint density at radius 1 is 1.31 bits per heavy atom. The molecule has 0 radical (unpaired) electrons. The van der Waals surface area contributed by atoms with Crippen molar-refractivity contribution in [3.05, 3.63) is 35.9 Å². The molecule has 0 fully saturated rings. The van der Waals surface area contributed by atoms with E-state index < -0.39 is 0 Å². The maximum atomic E-state index is 5.74. The normalized spacial score (nSPS) is 11.0. The SMILES string of the molecule is Cc1cc(N)ccc1-n1cnnc1C(C)C. The van der Waals surface area contributed by atoms with Crippen molar-refractivity contribution in [2.24, 2.45) is 0 Å². The molecule has 4 heteroatoms. The molecule has 1 aromatic heterocycles. The summed E-state index contributed by atoms with van der Waals surface area (Å²) < 4.78 is 2.01. The quantitative estimate of drug-likeness (QED) is 0.783. The van der Waals surface area contributed by atoms with Crippen molar-refractivity contribution in [1.29, 1.82) is 0 Å². The molecule has 0 saturated heterocycles. The smallest absolute Gasteiger partial charge is 0.139 e. The number of aryl methyl sites for hydroxylation is 1. The molecule has 0 aliphatic rings. The third kappa shape index (κ3) is 1.78. The van der Waals surface area contributed by atoms with E-state index in [1.165, 1.54) is 0 Å². The van der Waals surface area contributed by atoms with Crippen LogP contribution in [0.5, 0.6) is 0 Å². The molecule has 0 saturated carbocycles. The van der Waals surface area contributed by atoms with Crippen LogP contribution in [0.4, 0.5) is 5.69 Å². The summed E-state index contributed by atoms with van der Waals surface area (Å²) in [5, 5.41) is 8.10. The molecule has 2 rings (SSSR count). The predicted molar refractivity (Wildman–Crippen MR) is 64.6 cm³/mol. The predicted octanol–water partition coefficient (Wildman–Crippen LogP) is 2.28. The highest BCUT2D eigenvalue weighted by Crippen LogP contribution is 2.21. The highest BCUT2D eigenvalue weighted by atomic mass is 15.3. The van der Waals surface area contributed by atoms with Crippen molar-refractivity contribution < 1.29 is 0 Å². The first-order chi connectivity index (χ1) is 7.59. The fraction of sp³-hybridized carbons (Fsp3) is 0.333. The van der Waals surface area contributed by atoms with Crippen LogP contribution in [0.15, 0.2) is 24.5 Å². The maximum Gasteiger partial charge on any atom is 0.139 e. The number of aromatic nitrogens is 3. The zero-order valence-corrected chi connectivity index (χ0v) is 9.81. The Bertz CT molecular complexity index is 499. The molecule has 0 atom stereocenters. The van der Waals surface area contributed by atoms with E-state index in [0.717, 1.165) is 22.8 Å². The first-order valence-corrected chi connectivity index (χ1v) is 5.36. The van der Waals surface area contributed by atoms with Crippen molar-refractivity contribution >= 4 is 5.69 Å². The number of nitrogens with two attached hydrogens (primary N) is 1. The molecule has 0 spiro atoms. The van der Waals surface area contributed by atoms with Gasteiger partial charge < -0.3 is 5.73 Å². The van der Waals surface area contributed by atoms with Crippen molar-refractivity contribution in [2.75, 3.05) is 5.73 Å². The lowest BCUT2D eigenvalue weighted by atomic mass is 10.1. The Kier molecular flexibility index (Phi) is 2.64. The summed E-state index contributed by atoms with van der Waals surface area (Å²) in [7, 11) is 0. The number of nitrogens with zero attached hydrogens (tertiary/aromatic N) is 3. The molecule has 4 nitrogen and oxygen atoms in total. The lowest BCUT2D eigenvalue weighted by Crippen LogP contribution is -2.04. The summed E-state index contributed by atoms with van der Waals surface area (Å²) in [6, 6.07) is 5.85. The Morgan fingerprint density at radius 2 is 2.06 bits per heavy atom. The van der Waals surface area contributed by atoms with Crippen LogP contribution in [0, 0.1) is 6.92 Å². The zero-order valence-electron chi connectivity index (χ0n) is 9.81. The van der Waals surface area contributed by atoms with Crippen LogP contribution in [0.25, 0.3) is 5.69 Å². The monoisotopic (exact) mass is 216 g/mol. The first kappa shape index (κ1) is 10.7. The van der Waals surface area contributed by atoms with Gasteiger partial charge >= 0.3 is 0 Å². The van der Waals surface area contributed by atoms with Crippen molar-refractivity contribution in [1.82, 2.24) is 14.8 Å². The summed E-state index contributed by atoms with van der Waals surface area (Å²) in [5.74, 6) is 1.31. The van der Waals surface area contributed by atoms with Gasteiger partial charge in [0.2, 0.25) is 0 Å². The van der Waals surface area contributed by atoms with Gasteiger partial charge in [0.25, 0.3) is 0 Å². The molecular weight excluding hydrogens is 200 g/mol. The van der Waals surface area contributed by atoms with Crippen LogP contribution in [-0.2, 0) is 0 Å². The van der Waals surface area contributed by atoms with Crippen LogP contribution in [0.3, 0.4) is 0 Å². The fourth-order valence-electron chi connectivity index (χ4n) is 1.77. The third-order valence-corrected chi connectivity index (χ3v) is 2.57.